The van der Waals surface area contributed by atoms with Gasteiger partial charge in [0.1, 0.15) is 5.82 Å². The number of hydrogen-bond donors (Lipinski definition) is 3. The Labute approximate surface area is 175 Å². The van der Waals surface area contributed by atoms with Crippen LogP contribution in [0.1, 0.15) is 41.6 Å². The van der Waals surface area contributed by atoms with Gasteiger partial charge in [-0.25, -0.2) is 12.8 Å². The molecule has 1 aromatic heterocycles. The van der Waals surface area contributed by atoms with E-state index in [0.29, 0.717) is 29.7 Å². The summed E-state index contributed by atoms with van der Waals surface area (Å²) in [5, 5.41) is 18.9. The van der Waals surface area contributed by atoms with Gasteiger partial charge in [0.25, 0.3) is 5.56 Å². The number of aliphatic hydroxyl groups is 2. The Hall–Kier alpha value is -2.23. The molecule has 2 aromatic rings. The summed E-state index contributed by atoms with van der Waals surface area (Å²) in [6, 6.07) is 6.22. The molecule has 7 nitrogen and oxygen atoms in total. The van der Waals surface area contributed by atoms with Crippen LogP contribution in [-0.4, -0.2) is 40.7 Å². The van der Waals surface area contributed by atoms with E-state index in [1.54, 1.807) is 26.0 Å². The summed E-state index contributed by atoms with van der Waals surface area (Å²) in [5.41, 5.74) is 1.71. The first-order valence-corrected chi connectivity index (χ1v) is 11.2. The van der Waals surface area contributed by atoms with Crippen LogP contribution in [0.25, 0.3) is 0 Å². The molecule has 0 spiro atoms. The van der Waals surface area contributed by atoms with Crippen LogP contribution in [0.4, 0.5) is 10.1 Å². The maximum atomic E-state index is 14.4. The van der Waals surface area contributed by atoms with Crippen LogP contribution >= 0.6 is 0 Å². The number of aromatic nitrogens is 1. The molecule has 1 unspecified atom stereocenters. The van der Waals surface area contributed by atoms with Gasteiger partial charge in [-0.1, -0.05) is 12.1 Å². The van der Waals surface area contributed by atoms with E-state index in [2.05, 4.69) is 4.72 Å². The summed E-state index contributed by atoms with van der Waals surface area (Å²) in [6.07, 6.45) is -0.446. The lowest BCUT2D eigenvalue weighted by molar-refractivity contribution is 0.0858. The molecule has 1 aromatic carbocycles. The number of nitrogens with zero attached hydrogens (tertiary/aromatic N) is 1. The largest absolute Gasteiger partial charge is 0.394 e. The SMILES string of the molecule is Cc1ccc(Cc2c(NS(=O)(=O)C3(CC(O)CO)CC3)cc(C)c(=O)n2C)c(F)c1. The van der Waals surface area contributed by atoms with Gasteiger partial charge in [0.15, 0.2) is 0 Å². The highest BCUT2D eigenvalue weighted by Gasteiger charge is 2.55. The lowest BCUT2D eigenvalue weighted by Gasteiger charge is -2.22. The Balaban J connectivity index is 2.01. The van der Waals surface area contributed by atoms with Crippen molar-refractivity contribution in [2.75, 3.05) is 11.3 Å². The summed E-state index contributed by atoms with van der Waals surface area (Å²) in [6.45, 7) is 2.83. The quantitative estimate of drug-likeness (QED) is 0.582. The average Bonchev–Trinajstić information content (AvgIpc) is 3.45. The Morgan fingerprint density at radius 2 is 1.93 bits per heavy atom. The van der Waals surface area contributed by atoms with Crippen molar-refractivity contribution < 1.29 is 23.0 Å². The molecule has 9 heteroatoms. The first-order valence-electron chi connectivity index (χ1n) is 9.75. The van der Waals surface area contributed by atoms with E-state index in [9.17, 15) is 22.7 Å². The molecule has 0 bridgehead atoms. The Morgan fingerprint density at radius 1 is 1.27 bits per heavy atom. The second-order valence-electron chi connectivity index (χ2n) is 8.15. The maximum Gasteiger partial charge on any atom is 0.253 e. The topological polar surface area (TPSA) is 109 Å². The van der Waals surface area contributed by atoms with E-state index in [4.69, 9.17) is 5.11 Å². The number of halogens is 1. The fraction of sp³-hybridized carbons (Fsp3) is 0.476. The zero-order valence-electron chi connectivity index (χ0n) is 17.3. The van der Waals surface area contributed by atoms with Crippen LogP contribution in [0.2, 0.25) is 0 Å². The van der Waals surface area contributed by atoms with E-state index in [1.165, 1.54) is 23.7 Å². The van der Waals surface area contributed by atoms with E-state index < -0.39 is 33.3 Å². The van der Waals surface area contributed by atoms with Gasteiger partial charge in [-0.3, -0.25) is 9.52 Å². The molecular weight excluding hydrogens is 411 g/mol. The van der Waals surface area contributed by atoms with Crippen molar-refractivity contribution in [3.8, 4) is 0 Å². The molecule has 0 aliphatic heterocycles. The van der Waals surface area contributed by atoms with Crippen LogP contribution in [0, 0.1) is 19.7 Å². The van der Waals surface area contributed by atoms with Crippen LogP contribution in [0.3, 0.4) is 0 Å². The predicted molar refractivity (Wildman–Crippen MR) is 113 cm³/mol. The van der Waals surface area contributed by atoms with Gasteiger partial charge < -0.3 is 14.8 Å². The number of aryl methyl sites for hydroxylation is 2. The fourth-order valence-electron chi connectivity index (χ4n) is 3.68. The number of anilines is 1. The third-order valence-electron chi connectivity index (χ3n) is 5.73. The van der Waals surface area contributed by atoms with Crippen LogP contribution in [0.5, 0.6) is 0 Å². The molecule has 0 saturated heterocycles. The molecule has 164 valence electrons. The highest BCUT2D eigenvalue weighted by molar-refractivity contribution is 7.94. The Morgan fingerprint density at radius 3 is 2.50 bits per heavy atom. The van der Waals surface area contributed by atoms with Crippen LogP contribution in [0.15, 0.2) is 29.1 Å². The molecule has 1 saturated carbocycles. The van der Waals surface area contributed by atoms with Crippen molar-refractivity contribution in [1.29, 1.82) is 0 Å². The van der Waals surface area contributed by atoms with Crippen molar-refractivity contribution in [3.63, 3.8) is 0 Å². The first-order chi connectivity index (χ1) is 14.0. The van der Waals surface area contributed by atoms with Gasteiger partial charge in [-0.15, -0.1) is 0 Å². The summed E-state index contributed by atoms with van der Waals surface area (Å²) in [4.78, 5) is 12.5. The van der Waals surface area contributed by atoms with Gasteiger partial charge in [0.05, 0.1) is 23.1 Å². The minimum Gasteiger partial charge on any atom is -0.394 e. The zero-order valence-corrected chi connectivity index (χ0v) is 18.1. The Kier molecular flexibility index (Phi) is 6.08. The molecule has 1 fully saturated rings. The summed E-state index contributed by atoms with van der Waals surface area (Å²) in [5.74, 6) is -0.429. The third kappa shape index (κ3) is 4.28. The molecule has 1 aliphatic carbocycles. The van der Waals surface area contributed by atoms with Crippen molar-refractivity contribution in [3.05, 3.63) is 62.8 Å². The van der Waals surface area contributed by atoms with Crippen LogP contribution < -0.4 is 10.3 Å². The lowest BCUT2D eigenvalue weighted by Crippen LogP contribution is -2.35. The van der Waals surface area contributed by atoms with Crippen LogP contribution in [-0.2, 0) is 23.5 Å². The molecule has 1 aliphatic rings. The van der Waals surface area contributed by atoms with E-state index in [-0.39, 0.29) is 24.1 Å². The smallest absolute Gasteiger partial charge is 0.253 e. The fourth-order valence-corrected chi connectivity index (χ4v) is 5.41. The number of nitrogens with one attached hydrogen (secondary N) is 1. The van der Waals surface area contributed by atoms with Crippen molar-refractivity contribution in [2.45, 2.75) is 50.4 Å². The average molecular weight is 439 g/mol. The minimum atomic E-state index is -3.92. The molecule has 3 rings (SSSR count). The lowest BCUT2D eigenvalue weighted by atomic mass is 10.0. The van der Waals surface area contributed by atoms with Gasteiger partial charge >= 0.3 is 0 Å². The van der Waals surface area contributed by atoms with Crippen molar-refractivity contribution in [1.82, 2.24) is 4.57 Å². The zero-order chi connectivity index (χ0) is 22.3. The van der Waals surface area contributed by atoms with Gasteiger partial charge in [0.2, 0.25) is 10.0 Å². The van der Waals surface area contributed by atoms with Crippen molar-refractivity contribution in [2.24, 2.45) is 7.05 Å². The molecule has 30 heavy (non-hydrogen) atoms. The maximum absolute atomic E-state index is 14.4. The van der Waals surface area contributed by atoms with Crippen molar-refractivity contribution >= 4 is 15.7 Å². The number of aliphatic hydroxyl groups excluding tert-OH is 2. The second-order valence-corrected chi connectivity index (χ2v) is 10.2. The molecule has 3 N–H and O–H groups in total. The summed E-state index contributed by atoms with van der Waals surface area (Å²) >= 11 is 0. The van der Waals surface area contributed by atoms with Gasteiger partial charge in [-0.05, 0) is 56.4 Å². The van der Waals surface area contributed by atoms with Gasteiger partial charge in [-0.2, -0.15) is 0 Å². The molecule has 1 heterocycles. The first kappa shape index (κ1) is 22.5. The summed E-state index contributed by atoms with van der Waals surface area (Å²) in [7, 11) is -2.39. The minimum absolute atomic E-state index is 0.0300. The number of sulfonamides is 1. The molecular formula is C21H27FN2O5S. The normalized spacial score (nSPS) is 16.3. The summed E-state index contributed by atoms with van der Waals surface area (Å²) < 4.78 is 43.4. The highest BCUT2D eigenvalue weighted by Crippen LogP contribution is 2.48. The monoisotopic (exact) mass is 438 g/mol. The molecule has 0 radical (unpaired) electrons. The number of pyridine rings is 1. The van der Waals surface area contributed by atoms with E-state index >= 15 is 0 Å². The second kappa shape index (κ2) is 8.13. The van der Waals surface area contributed by atoms with E-state index in [1.807, 2.05) is 0 Å². The van der Waals surface area contributed by atoms with Gasteiger partial charge in [0, 0.05) is 24.7 Å². The third-order valence-corrected chi connectivity index (χ3v) is 7.93. The van der Waals surface area contributed by atoms with E-state index in [0.717, 1.165) is 5.56 Å². The Bertz CT molecular complexity index is 1120. The standard InChI is InChI=1S/C21H27FN2O5S/c1-13-4-5-15(17(22)8-13)10-19-18(9-14(2)20(27)24(19)3)23-30(28,29)21(6-7-21)11-16(26)12-25/h4-5,8-9,16,23,25-26H,6-7,10-12H2,1-3H3. The molecule has 1 atom stereocenters. The number of benzene rings is 1. The number of hydrogen-bond acceptors (Lipinski definition) is 5. The predicted octanol–water partition coefficient (Wildman–Crippen LogP) is 1.75. The highest BCUT2D eigenvalue weighted by atomic mass is 32.2. The number of rotatable bonds is 8. The molecule has 0 amide bonds.